The highest BCUT2D eigenvalue weighted by Gasteiger charge is 2.26. The molecule has 0 bridgehead atoms. The van der Waals surface area contributed by atoms with E-state index < -0.39 is 0 Å². The molecule has 0 spiro atoms. The van der Waals surface area contributed by atoms with Gasteiger partial charge in [-0.25, -0.2) is 0 Å². The van der Waals surface area contributed by atoms with Crippen LogP contribution in [0.3, 0.4) is 0 Å². The summed E-state index contributed by atoms with van der Waals surface area (Å²) in [4.78, 5) is 0. The van der Waals surface area contributed by atoms with Crippen LogP contribution in [-0.4, -0.2) is 5.25 Å². The molecule has 3 atom stereocenters. The Bertz CT molecular complexity index is 138. The second-order valence-electron chi connectivity index (χ2n) is 5.31. The zero-order chi connectivity index (χ0) is 11.3. The van der Waals surface area contributed by atoms with Gasteiger partial charge in [0.2, 0.25) is 0 Å². The van der Waals surface area contributed by atoms with Gasteiger partial charge >= 0.3 is 0 Å². The monoisotopic (exact) mass is 216 g/mol. The average Bonchev–Trinajstić information content (AvgIpc) is 2.02. The van der Waals surface area contributed by atoms with Crippen LogP contribution < -0.4 is 0 Å². The molecule has 86 valence electrons. The third-order valence-corrected chi connectivity index (χ3v) is 3.56. The molecule has 0 nitrogen and oxygen atoms in total. The lowest BCUT2D eigenvalue weighted by molar-refractivity contribution is 0.179. The molecule has 3 unspecified atom stereocenters. The van der Waals surface area contributed by atoms with E-state index in [4.69, 9.17) is 0 Å². The first kappa shape index (κ1) is 14.3. The molecule has 0 N–H and O–H groups in total. The minimum Gasteiger partial charge on any atom is -0.176 e. The fourth-order valence-electron chi connectivity index (χ4n) is 2.60. The van der Waals surface area contributed by atoms with Crippen LogP contribution in [0.15, 0.2) is 0 Å². The quantitative estimate of drug-likeness (QED) is 0.614. The predicted molar refractivity (Wildman–Crippen MR) is 70.0 cm³/mol. The molecule has 0 saturated heterocycles. The van der Waals surface area contributed by atoms with Gasteiger partial charge in [0.15, 0.2) is 0 Å². The highest BCUT2D eigenvalue weighted by Crippen LogP contribution is 2.34. The number of hydrogen-bond acceptors (Lipinski definition) is 1. The first-order chi connectivity index (χ1) is 6.40. The van der Waals surface area contributed by atoms with Gasteiger partial charge in [0.1, 0.15) is 0 Å². The Balaban J connectivity index is 4.44. The molecule has 0 aromatic rings. The van der Waals surface area contributed by atoms with Gasteiger partial charge in [-0.1, -0.05) is 48.0 Å². The Morgan fingerprint density at radius 2 is 1.29 bits per heavy atom. The molecule has 0 aliphatic heterocycles. The van der Waals surface area contributed by atoms with E-state index in [0.29, 0.717) is 5.25 Å². The largest absolute Gasteiger partial charge is 0.176 e. The third kappa shape index (κ3) is 4.72. The van der Waals surface area contributed by atoms with E-state index in [1.54, 1.807) is 0 Å². The molecule has 0 amide bonds. The van der Waals surface area contributed by atoms with Crippen LogP contribution in [0.25, 0.3) is 0 Å². The summed E-state index contributed by atoms with van der Waals surface area (Å²) in [7, 11) is 0. The van der Waals surface area contributed by atoms with Crippen molar-refractivity contribution in [3.63, 3.8) is 0 Å². The van der Waals surface area contributed by atoms with Crippen LogP contribution in [0.1, 0.15) is 54.4 Å². The Morgan fingerprint density at radius 1 is 0.857 bits per heavy atom. The fourth-order valence-corrected chi connectivity index (χ4v) is 2.85. The molecule has 0 aromatic heterocycles. The van der Waals surface area contributed by atoms with Crippen molar-refractivity contribution in [1.29, 1.82) is 0 Å². The molecule has 0 aliphatic carbocycles. The van der Waals surface area contributed by atoms with Crippen molar-refractivity contribution < 1.29 is 0 Å². The molecule has 0 rings (SSSR count). The summed E-state index contributed by atoms with van der Waals surface area (Å²) in [6.07, 6.45) is 2.57. The van der Waals surface area contributed by atoms with E-state index in [0.717, 1.165) is 23.7 Å². The van der Waals surface area contributed by atoms with Crippen molar-refractivity contribution in [2.24, 2.45) is 23.7 Å². The molecule has 14 heavy (non-hydrogen) atoms. The molecule has 0 aliphatic rings. The number of thiol groups is 1. The van der Waals surface area contributed by atoms with Crippen LogP contribution in [0.2, 0.25) is 0 Å². The summed E-state index contributed by atoms with van der Waals surface area (Å²) in [6.45, 7) is 14.0. The third-order valence-electron chi connectivity index (χ3n) is 3.35. The van der Waals surface area contributed by atoms with E-state index >= 15 is 0 Å². The topological polar surface area (TPSA) is 0 Å². The second-order valence-corrected chi connectivity index (χ2v) is 6.19. The van der Waals surface area contributed by atoms with E-state index in [9.17, 15) is 0 Å². The van der Waals surface area contributed by atoms with Gasteiger partial charge in [0, 0.05) is 0 Å². The fraction of sp³-hybridized carbons (Fsp3) is 1.00. The van der Waals surface area contributed by atoms with Crippen LogP contribution >= 0.6 is 12.6 Å². The standard InChI is InChI=1S/C13H28S/c1-7-12(9(2)3)13(10(4)5)8-11(6)14/h9-14H,7-8H2,1-6H3. The van der Waals surface area contributed by atoms with Gasteiger partial charge < -0.3 is 0 Å². The van der Waals surface area contributed by atoms with Crippen molar-refractivity contribution in [3.05, 3.63) is 0 Å². The number of rotatable bonds is 6. The molecular formula is C13H28S. The average molecular weight is 216 g/mol. The minimum absolute atomic E-state index is 0.537. The van der Waals surface area contributed by atoms with Gasteiger partial charge in [-0.15, -0.1) is 0 Å². The molecule has 1 heteroatoms. The molecule has 0 saturated carbocycles. The van der Waals surface area contributed by atoms with E-state index in [2.05, 4.69) is 54.2 Å². The molecule has 0 radical (unpaired) electrons. The summed E-state index contributed by atoms with van der Waals surface area (Å²) in [5.74, 6) is 3.30. The Labute approximate surface area is 96.3 Å². The SMILES string of the molecule is CCC(C(C)C)C(CC(C)S)C(C)C. The maximum Gasteiger partial charge on any atom is -0.000875 e. The van der Waals surface area contributed by atoms with Crippen molar-refractivity contribution in [2.75, 3.05) is 0 Å². The molecule has 0 fully saturated rings. The first-order valence-corrected chi connectivity index (χ1v) is 6.59. The summed E-state index contributed by atoms with van der Waals surface area (Å²) in [5, 5.41) is 0.537. The molecule has 0 aromatic carbocycles. The molecule has 0 heterocycles. The van der Waals surface area contributed by atoms with E-state index in [1.165, 1.54) is 12.8 Å². The normalized spacial score (nSPS) is 18.6. The minimum atomic E-state index is 0.537. The van der Waals surface area contributed by atoms with E-state index in [-0.39, 0.29) is 0 Å². The van der Waals surface area contributed by atoms with E-state index in [1.807, 2.05) is 0 Å². The van der Waals surface area contributed by atoms with Crippen molar-refractivity contribution in [3.8, 4) is 0 Å². The number of hydrogen-bond donors (Lipinski definition) is 1. The summed E-state index contributed by atoms with van der Waals surface area (Å²) in [5.41, 5.74) is 0. The maximum atomic E-state index is 4.53. The van der Waals surface area contributed by atoms with Crippen molar-refractivity contribution >= 4 is 12.6 Å². The van der Waals surface area contributed by atoms with Crippen LogP contribution in [0, 0.1) is 23.7 Å². The van der Waals surface area contributed by atoms with Gasteiger partial charge in [0.25, 0.3) is 0 Å². The Hall–Kier alpha value is 0.350. The lowest BCUT2D eigenvalue weighted by atomic mass is 9.73. The van der Waals surface area contributed by atoms with Crippen LogP contribution in [0.5, 0.6) is 0 Å². The van der Waals surface area contributed by atoms with Crippen molar-refractivity contribution in [1.82, 2.24) is 0 Å². The van der Waals surface area contributed by atoms with Crippen LogP contribution in [-0.2, 0) is 0 Å². The summed E-state index contributed by atoms with van der Waals surface area (Å²) < 4.78 is 0. The highest BCUT2D eigenvalue weighted by atomic mass is 32.1. The van der Waals surface area contributed by atoms with Gasteiger partial charge in [-0.05, 0) is 35.3 Å². The predicted octanol–water partition coefficient (Wildman–Crippen LogP) is 4.65. The van der Waals surface area contributed by atoms with Gasteiger partial charge in [-0.2, -0.15) is 12.6 Å². The first-order valence-electron chi connectivity index (χ1n) is 6.08. The highest BCUT2D eigenvalue weighted by molar-refractivity contribution is 7.80. The zero-order valence-corrected chi connectivity index (χ0v) is 11.6. The maximum absolute atomic E-state index is 4.53. The zero-order valence-electron chi connectivity index (χ0n) is 10.7. The summed E-state index contributed by atoms with van der Waals surface area (Å²) >= 11 is 4.53. The Kier molecular flexibility index (Phi) is 6.93. The lowest BCUT2D eigenvalue weighted by Gasteiger charge is -2.33. The van der Waals surface area contributed by atoms with Crippen LogP contribution in [0.4, 0.5) is 0 Å². The Morgan fingerprint density at radius 3 is 1.50 bits per heavy atom. The smallest absolute Gasteiger partial charge is 0.000875 e. The van der Waals surface area contributed by atoms with Crippen molar-refractivity contribution in [2.45, 2.75) is 59.6 Å². The van der Waals surface area contributed by atoms with Gasteiger partial charge in [-0.3, -0.25) is 0 Å². The molecular weight excluding hydrogens is 188 g/mol. The lowest BCUT2D eigenvalue weighted by Crippen LogP contribution is -2.26. The summed E-state index contributed by atoms with van der Waals surface area (Å²) in [6, 6.07) is 0. The van der Waals surface area contributed by atoms with Gasteiger partial charge in [0.05, 0.1) is 0 Å². The second kappa shape index (κ2) is 6.76.